The molecule has 0 bridgehead atoms. The predicted octanol–water partition coefficient (Wildman–Crippen LogP) is 2.59. The zero-order valence-corrected chi connectivity index (χ0v) is 12.5. The summed E-state index contributed by atoms with van der Waals surface area (Å²) in [6.07, 6.45) is 2.50. The van der Waals surface area contributed by atoms with Crippen LogP contribution in [0, 0.1) is 6.92 Å². The Bertz CT molecular complexity index is 574. The highest BCUT2D eigenvalue weighted by molar-refractivity contribution is 5.29. The summed E-state index contributed by atoms with van der Waals surface area (Å²) in [6.45, 7) is 7.12. The summed E-state index contributed by atoms with van der Waals surface area (Å²) in [5.41, 5.74) is 0.915. The first-order valence-electron chi connectivity index (χ1n) is 6.94. The minimum absolute atomic E-state index is 0.178. The van der Waals surface area contributed by atoms with E-state index in [1.807, 2.05) is 32.9 Å². The van der Waals surface area contributed by atoms with Crippen LogP contribution in [0.15, 0.2) is 18.3 Å². The standard InChI is InChI=1S/C14H19N5O2/c1-4-8-20-13-17-12(15-5-2)18-14(19-13)21-11-7-6-10(3)16-9-11/h6-7,9H,4-5,8H2,1-3H3,(H,15,17,18,19). The van der Waals surface area contributed by atoms with Crippen molar-refractivity contribution in [3.63, 3.8) is 0 Å². The number of aromatic nitrogens is 4. The topological polar surface area (TPSA) is 82.0 Å². The molecule has 0 aliphatic carbocycles. The van der Waals surface area contributed by atoms with Crippen LogP contribution in [0.25, 0.3) is 0 Å². The fourth-order valence-corrected chi connectivity index (χ4v) is 1.50. The van der Waals surface area contributed by atoms with E-state index in [9.17, 15) is 0 Å². The van der Waals surface area contributed by atoms with Gasteiger partial charge in [-0.05, 0) is 32.4 Å². The third kappa shape index (κ3) is 4.55. The maximum absolute atomic E-state index is 5.60. The van der Waals surface area contributed by atoms with Crippen molar-refractivity contribution < 1.29 is 9.47 Å². The number of nitrogens with zero attached hydrogens (tertiary/aromatic N) is 4. The van der Waals surface area contributed by atoms with Crippen molar-refractivity contribution in [2.75, 3.05) is 18.5 Å². The molecule has 0 saturated heterocycles. The normalized spacial score (nSPS) is 10.2. The second-order valence-corrected chi connectivity index (χ2v) is 4.34. The van der Waals surface area contributed by atoms with Crippen LogP contribution < -0.4 is 14.8 Å². The molecule has 2 rings (SSSR count). The minimum Gasteiger partial charge on any atom is -0.463 e. The molecule has 0 unspecified atom stereocenters. The number of nitrogens with one attached hydrogen (secondary N) is 1. The Morgan fingerprint density at radius 3 is 2.57 bits per heavy atom. The number of hydrogen-bond donors (Lipinski definition) is 1. The van der Waals surface area contributed by atoms with Gasteiger partial charge in [-0.1, -0.05) is 6.92 Å². The van der Waals surface area contributed by atoms with Crippen LogP contribution in [-0.4, -0.2) is 33.1 Å². The summed E-state index contributed by atoms with van der Waals surface area (Å²) >= 11 is 0. The van der Waals surface area contributed by atoms with E-state index in [4.69, 9.17) is 9.47 Å². The largest absolute Gasteiger partial charge is 0.463 e. The molecule has 2 aromatic heterocycles. The zero-order chi connectivity index (χ0) is 15.1. The van der Waals surface area contributed by atoms with Crippen molar-refractivity contribution in [1.82, 2.24) is 19.9 Å². The van der Waals surface area contributed by atoms with E-state index in [1.54, 1.807) is 6.20 Å². The molecule has 2 heterocycles. The molecule has 112 valence electrons. The van der Waals surface area contributed by atoms with Crippen molar-refractivity contribution >= 4 is 5.95 Å². The van der Waals surface area contributed by atoms with Gasteiger partial charge in [0.15, 0.2) is 0 Å². The van der Waals surface area contributed by atoms with Crippen molar-refractivity contribution in [3.8, 4) is 17.8 Å². The molecular weight excluding hydrogens is 270 g/mol. The second-order valence-electron chi connectivity index (χ2n) is 4.34. The van der Waals surface area contributed by atoms with Gasteiger partial charge in [0, 0.05) is 12.2 Å². The van der Waals surface area contributed by atoms with E-state index < -0.39 is 0 Å². The highest BCUT2D eigenvalue weighted by Gasteiger charge is 2.09. The summed E-state index contributed by atoms with van der Waals surface area (Å²) in [5.74, 6) is 0.990. The molecule has 0 aliphatic heterocycles. The molecule has 0 aliphatic rings. The molecule has 0 aromatic carbocycles. The first-order chi connectivity index (χ1) is 10.2. The van der Waals surface area contributed by atoms with Gasteiger partial charge in [0.05, 0.1) is 12.8 Å². The van der Waals surface area contributed by atoms with Crippen molar-refractivity contribution in [2.45, 2.75) is 27.2 Å². The number of aryl methyl sites for hydroxylation is 1. The lowest BCUT2D eigenvalue weighted by Gasteiger charge is -2.08. The van der Waals surface area contributed by atoms with E-state index in [-0.39, 0.29) is 12.0 Å². The molecule has 0 saturated carbocycles. The summed E-state index contributed by atoms with van der Waals surface area (Å²) in [4.78, 5) is 16.7. The molecule has 1 N–H and O–H groups in total. The Morgan fingerprint density at radius 2 is 1.90 bits per heavy atom. The highest BCUT2D eigenvalue weighted by Crippen LogP contribution is 2.20. The number of pyridine rings is 1. The van der Waals surface area contributed by atoms with Crippen molar-refractivity contribution in [1.29, 1.82) is 0 Å². The Labute approximate surface area is 123 Å². The van der Waals surface area contributed by atoms with Crippen LogP contribution >= 0.6 is 0 Å². The average molecular weight is 289 g/mol. The van der Waals surface area contributed by atoms with Crippen LogP contribution in [0.3, 0.4) is 0 Å². The lowest BCUT2D eigenvalue weighted by molar-refractivity contribution is 0.285. The Kier molecular flexibility index (Phi) is 5.25. The van der Waals surface area contributed by atoms with Gasteiger partial charge in [-0.25, -0.2) is 0 Å². The molecule has 2 aromatic rings. The van der Waals surface area contributed by atoms with Crippen LogP contribution in [0.5, 0.6) is 17.8 Å². The monoisotopic (exact) mass is 289 g/mol. The number of hydrogen-bond acceptors (Lipinski definition) is 7. The summed E-state index contributed by atoms with van der Waals surface area (Å²) in [6, 6.07) is 4.09. The second kappa shape index (κ2) is 7.37. The molecule has 0 atom stereocenters. The number of rotatable bonds is 7. The summed E-state index contributed by atoms with van der Waals surface area (Å²) in [7, 11) is 0. The quantitative estimate of drug-likeness (QED) is 0.838. The highest BCUT2D eigenvalue weighted by atomic mass is 16.5. The van der Waals surface area contributed by atoms with Gasteiger partial charge in [0.25, 0.3) is 0 Å². The predicted molar refractivity (Wildman–Crippen MR) is 78.8 cm³/mol. The smallest absolute Gasteiger partial charge is 0.330 e. The van der Waals surface area contributed by atoms with Gasteiger partial charge in [-0.2, -0.15) is 9.97 Å². The first kappa shape index (κ1) is 15.0. The Balaban J connectivity index is 2.19. The molecule has 0 fully saturated rings. The maximum atomic E-state index is 5.60. The minimum atomic E-state index is 0.178. The van der Waals surface area contributed by atoms with Crippen LogP contribution in [0.4, 0.5) is 5.95 Å². The van der Waals surface area contributed by atoms with Crippen molar-refractivity contribution in [2.24, 2.45) is 0 Å². The molecule has 7 nitrogen and oxygen atoms in total. The van der Waals surface area contributed by atoms with E-state index in [1.165, 1.54) is 0 Å². The van der Waals surface area contributed by atoms with Gasteiger partial charge < -0.3 is 14.8 Å². The number of anilines is 1. The van der Waals surface area contributed by atoms with Gasteiger partial charge in [-0.15, -0.1) is 4.98 Å². The van der Waals surface area contributed by atoms with Crippen LogP contribution in [0.2, 0.25) is 0 Å². The third-order valence-electron chi connectivity index (χ3n) is 2.46. The van der Waals surface area contributed by atoms with Gasteiger partial charge in [0.1, 0.15) is 5.75 Å². The molecular formula is C14H19N5O2. The average Bonchev–Trinajstić information content (AvgIpc) is 2.48. The van der Waals surface area contributed by atoms with E-state index in [2.05, 4.69) is 25.3 Å². The SMILES string of the molecule is CCCOc1nc(NCC)nc(Oc2ccc(C)nc2)n1. The Morgan fingerprint density at radius 1 is 1.10 bits per heavy atom. The Hall–Kier alpha value is -2.44. The van der Waals surface area contributed by atoms with Gasteiger partial charge in [-0.3, -0.25) is 4.98 Å². The fourth-order valence-electron chi connectivity index (χ4n) is 1.50. The molecule has 21 heavy (non-hydrogen) atoms. The third-order valence-corrected chi connectivity index (χ3v) is 2.46. The lowest BCUT2D eigenvalue weighted by atomic mass is 10.4. The molecule has 0 spiro atoms. The molecule has 0 radical (unpaired) electrons. The lowest BCUT2D eigenvalue weighted by Crippen LogP contribution is -2.08. The first-order valence-corrected chi connectivity index (χ1v) is 6.94. The van der Waals surface area contributed by atoms with Gasteiger partial charge >= 0.3 is 12.0 Å². The summed E-state index contributed by atoms with van der Waals surface area (Å²) < 4.78 is 11.0. The van der Waals surface area contributed by atoms with Gasteiger partial charge in [0.2, 0.25) is 5.95 Å². The van der Waals surface area contributed by atoms with E-state index >= 15 is 0 Å². The summed E-state index contributed by atoms with van der Waals surface area (Å²) in [5, 5.41) is 3.02. The fraction of sp³-hybridized carbons (Fsp3) is 0.429. The number of ether oxygens (including phenoxy) is 2. The van der Waals surface area contributed by atoms with Crippen LogP contribution in [0.1, 0.15) is 26.0 Å². The maximum Gasteiger partial charge on any atom is 0.330 e. The van der Waals surface area contributed by atoms with E-state index in [0.717, 1.165) is 12.1 Å². The zero-order valence-electron chi connectivity index (χ0n) is 12.5. The molecule has 0 amide bonds. The van der Waals surface area contributed by atoms with Crippen LogP contribution in [-0.2, 0) is 0 Å². The van der Waals surface area contributed by atoms with Crippen molar-refractivity contribution in [3.05, 3.63) is 24.0 Å². The molecule has 7 heteroatoms. The van der Waals surface area contributed by atoms with E-state index in [0.29, 0.717) is 24.8 Å².